The molecule has 15 heavy (non-hydrogen) atoms. The first-order chi connectivity index (χ1) is 7.04. The maximum Gasteiger partial charge on any atom is 0.163 e. The molecule has 0 bridgehead atoms. The van der Waals surface area contributed by atoms with E-state index in [2.05, 4.69) is 13.8 Å². The summed E-state index contributed by atoms with van der Waals surface area (Å²) in [5.41, 5.74) is -0.218. The molecule has 1 rings (SSSR count). The van der Waals surface area contributed by atoms with Crippen LogP contribution in [0.2, 0.25) is 0 Å². The molecule has 1 aliphatic rings. The molecular weight excluding hydrogens is 192 g/mol. The Morgan fingerprint density at radius 2 is 1.73 bits per heavy atom. The van der Waals surface area contributed by atoms with Gasteiger partial charge in [0.2, 0.25) is 0 Å². The molecule has 0 aromatic carbocycles. The van der Waals surface area contributed by atoms with Crippen LogP contribution in [0.25, 0.3) is 0 Å². The topological polar surface area (TPSA) is 27.7 Å². The highest BCUT2D eigenvalue weighted by atomic mass is 16.7. The Morgan fingerprint density at radius 3 is 2.20 bits per heavy atom. The molecule has 0 aromatic rings. The van der Waals surface area contributed by atoms with Crippen molar-refractivity contribution in [2.45, 2.75) is 58.3 Å². The Bertz CT molecular complexity index is 179. The maximum atomic E-state index is 5.90. The number of rotatable bonds is 5. The van der Waals surface area contributed by atoms with Gasteiger partial charge in [-0.25, -0.2) is 0 Å². The summed E-state index contributed by atoms with van der Waals surface area (Å²) >= 11 is 0. The van der Waals surface area contributed by atoms with Gasteiger partial charge < -0.3 is 14.2 Å². The third-order valence-electron chi connectivity index (χ3n) is 2.92. The van der Waals surface area contributed by atoms with Gasteiger partial charge in [0.15, 0.2) is 5.79 Å². The lowest BCUT2D eigenvalue weighted by molar-refractivity contribution is -0.310. The summed E-state index contributed by atoms with van der Waals surface area (Å²) in [4.78, 5) is 0. The fourth-order valence-electron chi connectivity index (χ4n) is 1.52. The first-order valence-corrected chi connectivity index (χ1v) is 5.95. The van der Waals surface area contributed by atoms with Gasteiger partial charge in [-0.15, -0.1) is 0 Å². The minimum Gasteiger partial charge on any atom is -0.370 e. The molecule has 0 N–H and O–H groups in total. The molecule has 0 unspecified atom stereocenters. The van der Waals surface area contributed by atoms with Crippen LogP contribution in [0.1, 0.15) is 47.0 Å². The predicted octanol–water partition coefficient (Wildman–Crippen LogP) is 2.73. The predicted molar refractivity (Wildman–Crippen MR) is 59.9 cm³/mol. The first kappa shape index (κ1) is 12.9. The van der Waals surface area contributed by atoms with Gasteiger partial charge in [0.1, 0.15) is 5.60 Å². The summed E-state index contributed by atoms with van der Waals surface area (Å²) in [6, 6.07) is 0. The third kappa shape index (κ3) is 3.74. The second-order valence-electron chi connectivity index (χ2n) is 4.72. The maximum absolute atomic E-state index is 5.90. The van der Waals surface area contributed by atoms with E-state index in [9.17, 15) is 0 Å². The van der Waals surface area contributed by atoms with E-state index >= 15 is 0 Å². The first-order valence-electron chi connectivity index (χ1n) is 5.95. The van der Waals surface area contributed by atoms with E-state index in [0.717, 1.165) is 25.9 Å². The smallest absolute Gasteiger partial charge is 0.163 e. The molecule has 90 valence electrons. The highest BCUT2D eigenvalue weighted by molar-refractivity contribution is 4.84. The Hall–Kier alpha value is -0.120. The number of hydrogen-bond acceptors (Lipinski definition) is 3. The van der Waals surface area contributed by atoms with Crippen molar-refractivity contribution in [1.29, 1.82) is 0 Å². The minimum absolute atomic E-state index is 0.218. The highest BCUT2D eigenvalue weighted by Crippen LogP contribution is 2.28. The van der Waals surface area contributed by atoms with Crippen LogP contribution in [0.5, 0.6) is 0 Å². The van der Waals surface area contributed by atoms with E-state index in [-0.39, 0.29) is 5.60 Å². The molecule has 1 fully saturated rings. The number of unbranched alkanes of at least 4 members (excludes halogenated alkanes) is 1. The lowest BCUT2D eigenvalue weighted by Gasteiger charge is -2.42. The van der Waals surface area contributed by atoms with Crippen LogP contribution in [0, 0.1) is 0 Å². The molecule has 1 heterocycles. The molecule has 0 radical (unpaired) electrons. The Balaban J connectivity index is 2.41. The standard InChI is InChI=1S/C12H24O3/c1-5-7-8-13-12(6-2)9-14-11(3,4)15-10-12/h5-10H2,1-4H3. The normalized spacial score (nSPS) is 24.0. The van der Waals surface area contributed by atoms with Gasteiger partial charge in [0, 0.05) is 6.61 Å². The van der Waals surface area contributed by atoms with Crippen LogP contribution in [-0.4, -0.2) is 31.2 Å². The summed E-state index contributed by atoms with van der Waals surface area (Å²) in [5, 5.41) is 0. The Morgan fingerprint density at radius 1 is 1.13 bits per heavy atom. The van der Waals surface area contributed by atoms with Crippen molar-refractivity contribution in [3.63, 3.8) is 0 Å². The molecule has 0 aliphatic carbocycles. The number of hydrogen-bond donors (Lipinski definition) is 0. The quantitative estimate of drug-likeness (QED) is 0.661. The van der Waals surface area contributed by atoms with Crippen LogP contribution in [-0.2, 0) is 14.2 Å². The van der Waals surface area contributed by atoms with Crippen molar-refractivity contribution in [2.24, 2.45) is 0 Å². The Labute approximate surface area is 93.1 Å². The second-order valence-corrected chi connectivity index (χ2v) is 4.72. The van der Waals surface area contributed by atoms with Gasteiger partial charge in [-0.1, -0.05) is 20.3 Å². The van der Waals surface area contributed by atoms with E-state index in [0.29, 0.717) is 13.2 Å². The lowest BCUT2D eigenvalue weighted by atomic mass is 10.0. The number of ether oxygens (including phenoxy) is 3. The van der Waals surface area contributed by atoms with Crippen LogP contribution in [0.3, 0.4) is 0 Å². The van der Waals surface area contributed by atoms with Gasteiger partial charge in [-0.2, -0.15) is 0 Å². The van der Waals surface area contributed by atoms with Gasteiger partial charge >= 0.3 is 0 Å². The van der Waals surface area contributed by atoms with Gasteiger partial charge in [0.05, 0.1) is 13.2 Å². The van der Waals surface area contributed by atoms with Crippen LogP contribution < -0.4 is 0 Å². The summed E-state index contributed by atoms with van der Waals surface area (Å²) < 4.78 is 17.2. The third-order valence-corrected chi connectivity index (χ3v) is 2.92. The summed E-state index contributed by atoms with van der Waals surface area (Å²) in [6.45, 7) is 10.3. The van der Waals surface area contributed by atoms with Crippen molar-refractivity contribution in [1.82, 2.24) is 0 Å². The van der Waals surface area contributed by atoms with E-state index in [1.165, 1.54) is 0 Å². The lowest BCUT2D eigenvalue weighted by Crippen LogP contribution is -2.52. The SMILES string of the molecule is CCCCOC1(CC)COC(C)(C)OC1. The van der Waals surface area contributed by atoms with Gasteiger partial charge in [0.25, 0.3) is 0 Å². The molecule has 0 saturated carbocycles. The summed E-state index contributed by atoms with van der Waals surface area (Å²) in [6.07, 6.45) is 3.20. The molecule has 0 aromatic heterocycles. The van der Waals surface area contributed by atoms with E-state index < -0.39 is 5.79 Å². The molecule has 0 spiro atoms. The molecule has 3 heteroatoms. The van der Waals surface area contributed by atoms with Crippen molar-refractivity contribution < 1.29 is 14.2 Å². The van der Waals surface area contributed by atoms with E-state index in [1.54, 1.807) is 0 Å². The van der Waals surface area contributed by atoms with Gasteiger partial charge in [-0.3, -0.25) is 0 Å². The Kier molecular flexibility index (Phi) is 4.56. The monoisotopic (exact) mass is 216 g/mol. The molecule has 1 saturated heterocycles. The summed E-state index contributed by atoms with van der Waals surface area (Å²) in [7, 11) is 0. The minimum atomic E-state index is -0.452. The van der Waals surface area contributed by atoms with Gasteiger partial charge in [-0.05, 0) is 26.7 Å². The van der Waals surface area contributed by atoms with Crippen molar-refractivity contribution in [3.05, 3.63) is 0 Å². The fourth-order valence-corrected chi connectivity index (χ4v) is 1.52. The molecule has 0 amide bonds. The van der Waals surface area contributed by atoms with Crippen LogP contribution >= 0.6 is 0 Å². The molecule has 0 atom stereocenters. The average molecular weight is 216 g/mol. The largest absolute Gasteiger partial charge is 0.370 e. The molecule has 3 nitrogen and oxygen atoms in total. The second kappa shape index (κ2) is 5.28. The van der Waals surface area contributed by atoms with E-state index in [4.69, 9.17) is 14.2 Å². The zero-order valence-electron chi connectivity index (χ0n) is 10.5. The van der Waals surface area contributed by atoms with Crippen molar-refractivity contribution in [3.8, 4) is 0 Å². The fraction of sp³-hybridized carbons (Fsp3) is 1.00. The molecule has 1 aliphatic heterocycles. The van der Waals surface area contributed by atoms with Crippen molar-refractivity contribution in [2.75, 3.05) is 19.8 Å². The van der Waals surface area contributed by atoms with E-state index in [1.807, 2.05) is 13.8 Å². The average Bonchev–Trinajstić information content (AvgIpc) is 2.22. The zero-order chi connectivity index (χ0) is 11.4. The van der Waals surface area contributed by atoms with Crippen molar-refractivity contribution >= 4 is 0 Å². The highest BCUT2D eigenvalue weighted by Gasteiger charge is 2.39. The molecular formula is C12H24O3. The zero-order valence-corrected chi connectivity index (χ0v) is 10.5. The van der Waals surface area contributed by atoms with Crippen LogP contribution in [0.15, 0.2) is 0 Å². The summed E-state index contributed by atoms with van der Waals surface area (Å²) in [5.74, 6) is -0.452. The van der Waals surface area contributed by atoms with Crippen LogP contribution in [0.4, 0.5) is 0 Å².